The summed E-state index contributed by atoms with van der Waals surface area (Å²) in [4.78, 5) is 17.9. The largest absolute Gasteiger partial charge is 0.283 e. The Hall–Kier alpha value is -3.14. The van der Waals surface area contributed by atoms with E-state index >= 15 is 0 Å². The maximum Gasteiger partial charge on any atom is 0.0900 e. The predicted octanol–water partition coefficient (Wildman–Crippen LogP) is 3.95. The number of nitrogens with zero attached hydrogens (tertiary/aromatic N) is 4. The van der Waals surface area contributed by atoms with Crippen molar-refractivity contribution in [2.75, 3.05) is 6.54 Å². The third-order valence-corrected chi connectivity index (χ3v) is 3.88. The average Bonchev–Trinajstić information content (AvgIpc) is 2.70. The molecule has 3 aromatic heterocycles. The molecule has 0 aliphatic carbocycles. The fraction of sp³-hybridized carbons (Fsp3) is 0.100. The van der Waals surface area contributed by atoms with E-state index in [4.69, 9.17) is 4.98 Å². The molecule has 0 saturated heterocycles. The van der Waals surface area contributed by atoms with Gasteiger partial charge in [-0.25, -0.2) is 4.98 Å². The second kappa shape index (κ2) is 6.54. The van der Waals surface area contributed by atoms with Crippen LogP contribution in [-0.4, -0.2) is 27.2 Å². The van der Waals surface area contributed by atoms with Crippen molar-refractivity contribution in [3.8, 4) is 22.5 Å². The van der Waals surface area contributed by atoms with E-state index < -0.39 is 0 Å². The highest BCUT2D eigenvalue weighted by Crippen LogP contribution is 2.25. The highest BCUT2D eigenvalue weighted by Gasteiger charge is 2.11. The highest BCUT2D eigenvalue weighted by atomic mass is 14.8. The lowest BCUT2D eigenvalue weighted by Crippen LogP contribution is -2.06. The van der Waals surface area contributed by atoms with Crippen LogP contribution in [-0.2, 0) is 0 Å². The molecule has 24 heavy (non-hydrogen) atoms. The summed E-state index contributed by atoms with van der Waals surface area (Å²) in [7, 11) is 0. The maximum atomic E-state index is 4.79. The molecule has 1 aliphatic rings. The van der Waals surface area contributed by atoms with Crippen molar-refractivity contribution in [3.63, 3.8) is 0 Å². The molecular formula is C20H16N4. The molecular weight excluding hydrogens is 296 g/mol. The Kier molecular flexibility index (Phi) is 3.94. The number of aromatic nitrogens is 3. The first kappa shape index (κ1) is 14.5. The first-order chi connectivity index (χ1) is 11.9. The fourth-order valence-electron chi connectivity index (χ4n) is 2.69. The first-order valence-corrected chi connectivity index (χ1v) is 7.95. The SMILES string of the molecule is C1=CC(c2cc(-c3ccncc3)cc(-c3ccccn3)n2)=NCC1. The van der Waals surface area contributed by atoms with E-state index in [0.29, 0.717) is 0 Å². The minimum absolute atomic E-state index is 0.811. The lowest BCUT2D eigenvalue weighted by Gasteiger charge is -2.11. The number of pyridine rings is 3. The fourth-order valence-corrected chi connectivity index (χ4v) is 2.69. The van der Waals surface area contributed by atoms with Crippen LogP contribution in [0.1, 0.15) is 12.1 Å². The molecule has 0 amide bonds. The molecule has 4 heteroatoms. The number of hydrogen-bond acceptors (Lipinski definition) is 4. The lowest BCUT2D eigenvalue weighted by molar-refractivity contribution is 0.991. The van der Waals surface area contributed by atoms with Crippen molar-refractivity contribution in [1.29, 1.82) is 0 Å². The smallest absolute Gasteiger partial charge is 0.0900 e. The third kappa shape index (κ3) is 2.99. The van der Waals surface area contributed by atoms with E-state index in [-0.39, 0.29) is 0 Å². The minimum atomic E-state index is 0.811. The van der Waals surface area contributed by atoms with Crippen molar-refractivity contribution in [1.82, 2.24) is 15.0 Å². The summed E-state index contributed by atoms with van der Waals surface area (Å²) in [6.07, 6.45) is 10.6. The Morgan fingerprint density at radius 1 is 0.792 bits per heavy atom. The second-order valence-corrected chi connectivity index (χ2v) is 5.54. The van der Waals surface area contributed by atoms with Crippen LogP contribution in [0.3, 0.4) is 0 Å². The normalized spacial score (nSPS) is 13.6. The van der Waals surface area contributed by atoms with Crippen LogP contribution in [0.2, 0.25) is 0 Å². The van der Waals surface area contributed by atoms with Gasteiger partial charge in [-0.2, -0.15) is 0 Å². The molecule has 0 saturated carbocycles. The minimum Gasteiger partial charge on any atom is -0.283 e. The van der Waals surface area contributed by atoms with Crippen molar-refractivity contribution in [2.45, 2.75) is 6.42 Å². The van der Waals surface area contributed by atoms with E-state index in [1.807, 2.05) is 36.4 Å². The Morgan fingerprint density at radius 2 is 1.67 bits per heavy atom. The van der Waals surface area contributed by atoms with E-state index in [9.17, 15) is 0 Å². The summed E-state index contributed by atoms with van der Waals surface area (Å²) in [5.74, 6) is 0. The molecule has 0 bridgehead atoms. The predicted molar refractivity (Wildman–Crippen MR) is 95.9 cm³/mol. The average molecular weight is 312 g/mol. The van der Waals surface area contributed by atoms with E-state index in [1.165, 1.54) is 0 Å². The Bertz CT molecular complexity index is 842. The van der Waals surface area contributed by atoms with Gasteiger partial charge in [-0.3, -0.25) is 15.0 Å². The van der Waals surface area contributed by atoms with Crippen molar-refractivity contribution >= 4 is 5.71 Å². The van der Waals surface area contributed by atoms with Crippen LogP contribution in [0.15, 0.2) is 78.2 Å². The van der Waals surface area contributed by atoms with Crippen LogP contribution < -0.4 is 0 Å². The van der Waals surface area contributed by atoms with Gasteiger partial charge in [0.15, 0.2) is 0 Å². The molecule has 0 N–H and O–H groups in total. The van der Waals surface area contributed by atoms with Crippen LogP contribution in [0.25, 0.3) is 22.5 Å². The third-order valence-electron chi connectivity index (χ3n) is 3.88. The summed E-state index contributed by atoms with van der Waals surface area (Å²) in [6.45, 7) is 0.811. The summed E-state index contributed by atoms with van der Waals surface area (Å²) >= 11 is 0. The molecule has 0 aromatic carbocycles. The van der Waals surface area contributed by atoms with Gasteiger partial charge in [-0.05, 0) is 60.0 Å². The molecule has 4 nitrogen and oxygen atoms in total. The van der Waals surface area contributed by atoms with E-state index in [1.54, 1.807) is 18.6 Å². The van der Waals surface area contributed by atoms with Crippen LogP contribution in [0.4, 0.5) is 0 Å². The monoisotopic (exact) mass is 312 g/mol. The topological polar surface area (TPSA) is 51.0 Å². The molecule has 0 atom stereocenters. The number of allylic oxidation sites excluding steroid dienone is 1. The number of dihydropyridines is 1. The van der Waals surface area contributed by atoms with Crippen LogP contribution in [0, 0.1) is 0 Å². The van der Waals surface area contributed by atoms with E-state index in [2.05, 4.69) is 33.2 Å². The van der Waals surface area contributed by atoms with Gasteiger partial charge >= 0.3 is 0 Å². The summed E-state index contributed by atoms with van der Waals surface area (Å²) < 4.78 is 0. The molecule has 0 spiro atoms. The van der Waals surface area contributed by atoms with Gasteiger partial charge < -0.3 is 0 Å². The van der Waals surface area contributed by atoms with E-state index in [0.717, 1.165) is 46.9 Å². The Morgan fingerprint density at radius 3 is 2.42 bits per heavy atom. The quantitative estimate of drug-likeness (QED) is 0.735. The standard InChI is InChI=1S/C20H16N4/c1-3-9-22-17(5-1)19-13-16(15-7-11-21-12-8-15)14-20(24-19)18-6-2-4-10-23-18/h1-3,5-9,11-14H,4,10H2. The van der Waals surface area contributed by atoms with Gasteiger partial charge in [-0.1, -0.05) is 12.1 Å². The van der Waals surface area contributed by atoms with Gasteiger partial charge in [0.05, 0.1) is 22.8 Å². The van der Waals surface area contributed by atoms with Gasteiger partial charge in [-0.15, -0.1) is 0 Å². The highest BCUT2D eigenvalue weighted by molar-refractivity contribution is 6.08. The van der Waals surface area contributed by atoms with Crippen molar-refractivity contribution in [2.24, 2.45) is 4.99 Å². The van der Waals surface area contributed by atoms with Gasteiger partial charge in [0, 0.05) is 25.1 Å². The zero-order valence-electron chi connectivity index (χ0n) is 13.1. The Balaban J connectivity index is 1.88. The molecule has 0 fully saturated rings. The molecule has 4 rings (SSSR count). The molecule has 116 valence electrons. The second-order valence-electron chi connectivity index (χ2n) is 5.54. The summed E-state index contributed by atoms with van der Waals surface area (Å²) in [5, 5.41) is 0. The van der Waals surface area contributed by atoms with Gasteiger partial charge in [0.2, 0.25) is 0 Å². The molecule has 4 heterocycles. The molecule has 3 aromatic rings. The van der Waals surface area contributed by atoms with Crippen molar-refractivity contribution < 1.29 is 0 Å². The molecule has 0 radical (unpaired) electrons. The maximum absolute atomic E-state index is 4.79. The summed E-state index contributed by atoms with van der Waals surface area (Å²) in [5.41, 5.74) is 5.70. The zero-order valence-corrected chi connectivity index (χ0v) is 13.1. The summed E-state index contributed by atoms with van der Waals surface area (Å²) in [6, 6.07) is 14.0. The van der Waals surface area contributed by atoms with Crippen molar-refractivity contribution in [3.05, 3.63) is 78.9 Å². The van der Waals surface area contributed by atoms with Crippen LogP contribution in [0.5, 0.6) is 0 Å². The zero-order chi connectivity index (χ0) is 16.2. The van der Waals surface area contributed by atoms with Gasteiger partial charge in [0.1, 0.15) is 0 Å². The number of aliphatic imine (C=N–C) groups is 1. The molecule has 0 unspecified atom stereocenters. The lowest BCUT2D eigenvalue weighted by atomic mass is 10.0. The number of hydrogen-bond donors (Lipinski definition) is 0. The van der Waals surface area contributed by atoms with Crippen LogP contribution >= 0.6 is 0 Å². The first-order valence-electron chi connectivity index (χ1n) is 7.95. The Labute approximate surface area is 140 Å². The van der Waals surface area contributed by atoms with Gasteiger partial charge in [0.25, 0.3) is 0 Å². The number of rotatable bonds is 3. The molecule has 1 aliphatic heterocycles.